The van der Waals surface area contributed by atoms with E-state index in [1.54, 1.807) is 45.0 Å². The summed E-state index contributed by atoms with van der Waals surface area (Å²) in [4.78, 5) is 51.2. The number of ether oxygens (including phenoxy) is 4. The van der Waals surface area contributed by atoms with Gasteiger partial charge in [-0.15, -0.1) is 5.92 Å². The Hall–Kier alpha value is -4.05. The van der Waals surface area contributed by atoms with Gasteiger partial charge < -0.3 is 24.7 Å². The van der Waals surface area contributed by atoms with E-state index in [1.165, 1.54) is 24.7 Å². The molecule has 0 aliphatic carbocycles. The van der Waals surface area contributed by atoms with Gasteiger partial charge in [0.25, 0.3) is 0 Å². The second-order valence-corrected chi connectivity index (χ2v) is 10.3. The number of nitrogen functional groups attached to an aromatic ring is 1. The fourth-order valence-corrected chi connectivity index (χ4v) is 5.23. The van der Waals surface area contributed by atoms with Gasteiger partial charge in [-0.05, 0) is 44.9 Å². The Morgan fingerprint density at radius 2 is 1.93 bits per heavy atom. The van der Waals surface area contributed by atoms with Crippen molar-refractivity contribution in [1.82, 2.24) is 19.5 Å². The molecule has 0 saturated carbocycles. The third kappa shape index (κ3) is 5.81. The Labute approximate surface area is 247 Å². The molecule has 2 aromatic heterocycles. The molecule has 4 rings (SSSR count). The zero-order chi connectivity index (χ0) is 30.7. The molecule has 0 radical (unpaired) electrons. The Morgan fingerprint density at radius 3 is 2.55 bits per heavy atom. The molecular formula is C29H32ClN5O7. The molecule has 0 spiro atoms. The van der Waals surface area contributed by atoms with Crippen LogP contribution in [0.3, 0.4) is 0 Å². The summed E-state index contributed by atoms with van der Waals surface area (Å²) in [7, 11) is 0. The summed E-state index contributed by atoms with van der Waals surface area (Å²) in [6, 6.07) is 8.99. The molecule has 1 saturated heterocycles. The number of hydrogen-bond acceptors (Lipinski definition) is 11. The van der Waals surface area contributed by atoms with E-state index < -0.39 is 47.2 Å². The predicted octanol–water partition coefficient (Wildman–Crippen LogP) is 3.07. The minimum Gasteiger partial charge on any atom is -0.463 e. The molecule has 1 aromatic carbocycles. The number of rotatable bonds is 10. The largest absolute Gasteiger partial charge is 0.463 e. The summed E-state index contributed by atoms with van der Waals surface area (Å²) >= 11 is 6.08. The van der Waals surface area contributed by atoms with Crippen molar-refractivity contribution < 1.29 is 33.3 Å². The van der Waals surface area contributed by atoms with Crippen molar-refractivity contribution in [3.8, 4) is 11.8 Å². The first-order valence-electron chi connectivity index (χ1n) is 13.2. The smallest absolute Gasteiger partial charge is 0.346 e. The molecule has 0 amide bonds. The summed E-state index contributed by atoms with van der Waals surface area (Å²) < 4.78 is 25.3. The standard InChI is InChI=1S/C29H32ClN5O7/c1-6-13-28(5)20(15-40-29(17(3)36,26(38)39-7-2)14-19-11-9-8-10-12-19)42-25(22(28)41-18(4)37)35-16-32-21-23(31)33-27(30)34-24(21)35/h8-12,16,20,22,25H,7,14-15H2,1-5H3,(H2,31,33,34)/t20-,22+,25-,28+,29?/m1/s1. The molecule has 3 aromatic rings. The van der Waals surface area contributed by atoms with Crippen LogP contribution in [0.2, 0.25) is 5.28 Å². The molecule has 3 heterocycles. The van der Waals surface area contributed by atoms with E-state index in [1.807, 2.05) is 6.07 Å². The van der Waals surface area contributed by atoms with Crippen molar-refractivity contribution in [1.29, 1.82) is 0 Å². The Morgan fingerprint density at radius 1 is 1.21 bits per heavy atom. The first-order valence-corrected chi connectivity index (χ1v) is 13.6. The van der Waals surface area contributed by atoms with E-state index in [9.17, 15) is 14.4 Å². The third-order valence-corrected chi connectivity index (χ3v) is 7.33. The molecule has 1 aliphatic rings. The van der Waals surface area contributed by atoms with Crippen LogP contribution in [0.5, 0.6) is 0 Å². The maximum absolute atomic E-state index is 13.3. The topological polar surface area (TPSA) is 158 Å². The predicted molar refractivity (Wildman–Crippen MR) is 152 cm³/mol. The number of Topliss-reactive ketones (excluding diaryl/α,β-unsaturated/α-hetero) is 1. The van der Waals surface area contributed by atoms with Gasteiger partial charge in [-0.25, -0.2) is 9.78 Å². The molecule has 1 aliphatic heterocycles. The Kier molecular flexibility index (Phi) is 9.15. The second-order valence-electron chi connectivity index (χ2n) is 9.98. The van der Waals surface area contributed by atoms with Crippen LogP contribution >= 0.6 is 11.6 Å². The lowest BCUT2D eigenvalue weighted by Crippen LogP contribution is -2.53. The molecule has 1 fully saturated rings. The zero-order valence-electron chi connectivity index (χ0n) is 23.9. The molecule has 12 nitrogen and oxygen atoms in total. The number of ketones is 1. The number of anilines is 1. The number of carbonyl (C=O) groups is 3. The van der Waals surface area contributed by atoms with Gasteiger partial charge in [0.15, 0.2) is 29.6 Å². The number of aromatic nitrogens is 4. The number of halogens is 1. The highest BCUT2D eigenvalue weighted by molar-refractivity contribution is 6.28. The first-order chi connectivity index (χ1) is 20.0. The average Bonchev–Trinajstić information content (AvgIpc) is 3.46. The Balaban J connectivity index is 1.77. The zero-order valence-corrected chi connectivity index (χ0v) is 24.7. The molecule has 1 unspecified atom stereocenters. The normalized spacial score (nSPS) is 23.0. The van der Waals surface area contributed by atoms with Crippen LogP contribution in [0.25, 0.3) is 11.2 Å². The van der Waals surface area contributed by atoms with Crippen molar-refractivity contribution in [3.63, 3.8) is 0 Å². The second kappa shape index (κ2) is 12.4. The van der Waals surface area contributed by atoms with E-state index in [0.29, 0.717) is 5.56 Å². The summed E-state index contributed by atoms with van der Waals surface area (Å²) in [5.41, 5.74) is 4.07. The van der Waals surface area contributed by atoms with Crippen molar-refractivity contribution in [3.05, 3.63) is 47.5 Å². The first kappa shape index (κ1) is 30.9. The molecule has 5 atom stereocenters. The van der Waals surface area contributed by atoms with Gasteiger partial charge in [-0.3, -0.25) is 14.2 Å². The number of benzene rings is 1. The minimum absolute atomic E-state index is 0.0445. The number of fused-ring (bicyclic) bond motifs is 1. The van der Waals surface area contributed by atoms with Crippen molar-refractivity contribution in [2.75, 3.05) is 18.9 Å². The minimum atomic E-state index is -1.97. The van der Waals surface area contributed by atoms with Gasteiger partial charge in [0, 0.05) is 13.3 Å². The van der Waals surface area contributed by atoms with Crippen molar-refractivity contribution in [2.24, 2.45) is 5.41 Å². The van der Waals surface area contributed by atoms with Crippen LogP contribution in [0, 0.1) is 17.3 Å². The maximum Gasteiger partial charge on any atom is 0.346 e. The summed E-state index contributed by atoms with van der Waals surface area (Å²) in [6.07, 6.45) is -1.55. The lowest BCUT2D eigenvalue weighted by atomic mass is 9.80. The number of carbonyl (C=O) groups excluding carboxylic acids is 3. The quantitative estimate of drug-likeness (QED) is 0.158. The van der Waals surface area contributed by atoms with E-state index in [0.717, 1.165) is 0 Å². The average molecular weight is 598 g/mol. The van der Waals surface area contributed by atoms with E-state index in [2.05, 4.69) is 26.8 Å². The van der Waals surface area contributed by atoms with Crippen molar-refractivity contribution in [2.45, 2.75) is 65.1 Å². The SMILES string of the molecule is CC#C[C@@]1(C)[C@@H](COC(Cc2ccccc2)(C(C)=O)C(=O)OCC)O[C@@H](n2cnc3c(N)nc(Cl)nc32)[C@@H]1OC(C)=O. The fraction of sp³-hybridized carbons (Fsp3) is 0.448. The lowest BCUT2D eigenvalue weighted by Gasteiger charge is -2.33. The monoisotopic (exact) mass is 597 g/mol. The lowest BCUT2D eigenvalue weighted by molar-refractivity contribution is -0.182. The van der Waals surface area contributed by atoms with E-state index in [-0.39, 0.29) is 41.9 Å². The number of imidazole rings is 1. The van der Waals surface area contributed by atoms with Gasteiger partial charge in [-0.2, -0.15) is 9.97 Å². The number of hydrogen-bond donors (Lipinski definition) is 1. The van der Waals surface area contributed by atoms with Crippen LogP contribution in [0.1, 0.15) is 46.4 Å². The van der Waals surface area contributed by atoms with E-state index in [4.69, 9.17) is 36.3 Å². The molecule has 42 heavy (non-hydrogen) atoms. The van der Waals surface area contributed by atoms with Crippen LogP contribution in [0.15, 0.2) is 36.7 Å². The van der Waals surface area contributed by atoms with Crippen LogP contribution in [0.4, 0.5) is 5.82 Å². The number of nitrogens with zero attached hydrogens (tertiary/aromatic N) is 4. The highest BCUT2D eigenvalue weighted by atomic mass is 35.5. The van der Waals surface area contributed by atoms with Gasteiger partial charge in [0.1, 0.15) is 11.6 Å². The molecule has 0 bridgehead atoms. The molecule has 13 heteroatoms. The Bertz CT molecular complexity index is 1550. The molecular weight excluding hydrogens is 566 g/mol. The van der Waals surface area contributed by atoms with Gasteiger partial charge >= 0.3 is 11.9 Å². The van der Waals surface area contributed by atoms with Crippen LogP contribution in [-0.2, 0) is 39.8 Å². The van der Waals surface area contributed by atoms with Crippen LogP contribution in [-0.4, -0.2) is 68.3 Å². The number of nitrogens with two attached hydrogens (primary N) is 1. The summed E-state index contributed by atoms with van der Waals surface area (Å²) in [6.45, 7) is 7.33. The van der Waals surface area contributed by atoms with E-state index >= 15 is 0 Å². The molecule has 222 valence electrons. The van der Waals surface area contributed by atoms with Crippen LogP contribution < -0.4 is 5.73 Å². The maximum atomic E-state index is 13.3. The summed E-state index contributed by atoms with van der Waals surface area (Å²) in [5, 5.41) is -0.110. The van der Waals surface area contributed by atoms with Gasteiger partial charge in [0.2, 0.25) is 10.9 Å². The fourth-order valence-electron chi connectivity index (χ4n) is 5.06. The van der Waals surface area contributed by atoms with Gasteiger partial charge in [-0.1, -0.05) is 36.3 Å². The summed E-state index contributed by atoms with van der Waals surface area (Å²) in [5.74, 6) is 4.11. The highest BCUT2D eigenvalue weighted by Crippen LogP contribution is 2.46. The highest BCUT2D eigenvalue weighted by Gasteiger charge is 2.58. The molecule has 2 N–H and O–H groups in total. The van der Waals surface area contributed by atoms with Crippen molar-refractivity contribution >= 4 is 46.3 Å². The third-order valence-electron chi connectivity index (χ3n) is 7.16. The number of esters is 2. The van der Waals surface area contributed by atoms with Gasteiger partial charge in [0.05, 0.1) is 25.0 Å².